The zero-order valence-electron chi connectivity index (χ0n) is 26.2. The fourth-order valence-electron chi connectivity index (χ4n) is 9.66. The first-order valence-electron chi connectivity index (χ1n) is 16.9. The first kappa shape index (κ1) is 25.7. The summed E-state index contributed by atoms with van der Waals surface area (Å²) >= 11 is 0. The molecule has 4 nitrogen and oxygen atoms in total. The second kappa shape index (κ2) is 8.77. The predicted molar refractivity (Wildman–Crippen MR) is 198 cm³/mol. The highest BCUT2D eigenvalue weighted by Gasteiger charge is 2.56. The van der Waals surface area contributed by atoms with E-state index in [4.69, 9.17) is 4.42 Å². The van der Waals surface area contributed by atoms with E-state index in [-0.39, 0.29) is 12.4 Å². The van der Waals surface area contributed by atoms with E-state index < -0.39 is 5.41 Å². The van der Waals surface area contributed by atoms with E-state index in [1.165, 1.54) is 38.8 Å². The summed E-state index contributed by atoms with van der Waals surface area (Å²) < 4.78 is 10.8. The third kappa shape index (κ3) is 2.89. The maximum atomic E-state index is 15.1. The number of furan rings is 1. The van der Waals surface area contributed by atoms with Crippen LogP contribution in [0.25, 0.3) is 60.8 Å². The van der Waals surface area contributed by atoms with Crippen molar-refractivity contribution in [2.75, 3.05) is 0 Å². The minimum Gasteiger partial charge on any atom is -0.456 e. The van der Waals surface area contributed by atoms with Gasteiger partial charge in [-0.15, -0.1) is 0 Å². The normalized spacial score (nSPS) is 14.3. The minimum atomic E-state index is -0.587. The van der Waals surface area contributed by atoms with Gasteiger partial charge in [0, 0.05) is 10.8 Å². The second-order valence-corrected chi connectivity index (χ2v) is 13.5. The van der Waals surface area contributed by atoms with Gasteiger partial charge in [0.15, 0.2) is 0 Å². The Kier molecular flexibility index (Phi) is 4.60. The van der Waals surface area contributed by atoms with E-state index >= 15 is 4.79 Å². The molecular formula is C44H25BN2O2. The lowest BCUT2D eigenvalue weighted by atomic mass is 9.40. The smallest absolute Gasteiger partial charge is 0.354 e. The quantitative estimate of drug-likeness (QED) is 0.174. The summed E-state index contributed by atoms with van der Waals surface area (Å²) in [5.41, 5.74) is 14.9. The number of benzene rings is 7. The molecule has 0 bridgehead atoms. The van der Waals surface area contributed by atoms with Gasteiger partial charge in [-0.25, -0.2) is 0 Å². The van der Waals surface area contributed by atoms with Crippen LogP contribution < -0.4 is 16.5 Å². The third-order valence-electron chi connectivity index (χ3n) is 11.4. The van der Waals surface area contributed by atoms with Crippen LogP contribution >= 0.6 is 0 Å². The molecule has 0 saturated heterocycles. The highest BCUT2D eigenvalue weighted by Crippen LogP contribution is 2.57. The zero-order chi connectivity index (χ0) is 32.0. The van der Waals surface area contributed by atoms with Gasteiger partial charge in [-0.1, -0.05) is 127 Å². The molecule has 0 radical (unpaired) electrons. The Labute approximate surface area is 281 Å². The Morgan fingerprint density at radius 3 is 2.04 bits per heavy atom. The molecule has 4 heterocycles. The number of para-hydroxylation sites is 1. The average Bonchev–Trinajstić information content (AvgIpc) is 3.87. The Bertz CT molecular complexity index is 2940. The van der Waals surface area contributed by atoms with Crippen LogP contribution in [0.5, 0.6) is 0 Å². The van der Waals surface area contributed by atoms with Gasteiger partial charge in [0.2, 0.25) is 0 Å². The van der Waals surface area contributed by atoms with E-state index in [1.807, 2.05) is 34.9 Å². The number of nitrogens with zero attached hydrogens (tertiary/aromatic N) is 2. The summed E-state index contributed by atoms with van der Waals surface area (Å²) in [6.45, 7) is -0.312. The van der Waals surface area contributed by atoms with Crippen LogP contribution in [0.1, 0.15) is 22.3 Å². The predicted octanol–water partition coefficient (Wildman–Crippen LogP) is 8.00. The lowest BCUT2D eigenvalue weighted by molar-refractivity contribution is 0.666. The SMILES string of the molecule is O=c1c2c(-c3ccccc3)cccc2n2n1B1c3cc4c(cc3C3(c5ccccc5-c5ccccc53)c3cccc-2c31)oc1ccccc14. The first-order valence-corrected chi connectivity index (χ1v) is 16.9. The molecule has 0 N–H and O–H groups in total. The summed E-state index contributed by atoms with van der Waals surface area (Å²) in [5.74, 6) is 0. The summed E-state index contributed by atoms with van der Waals surface area (Å²) in [7, 11) is 0. The van der Waals surface area contributed by atoms with Crippen molar-refractivity contribution < 1.29 is 4.42 Å². The molecule has 1 aliphatic carbocycles. The Morgan fingerprint density at radius 1 is 0.551 bits per heavy atom. The Hall–Kier alpha value is -6.33. The van der Waals surface area contributed by atoms with Gasteiger partial charge in [-0.2, -0.15) is 0 Å². The van der Waals surface area contributed by atoms with Gasteiger partial charge < -0.3 is 4.42 Å². The largest absolute Gasteiger partial charge is 0.456 e. The van der Waals surface area contributed by atoms with Crippen LogP contribution in [-0.4, -0.2) is 16.1 Å². The summed E-state index contributed by atoms with van der Waals surface area (Å²) in [4.78, 5) is 15.1. The van der Waals surface area contributed by atoms with Crippen molar-refractivity contribution in [1.82, 2.24) is 9.27 Å². The van der Waals surface area contributed by atoms with Crippen LogP contribution in [0.2, 0.25) is 0 Å². The molecule has 7 aromatic carbocycles. The number of rotatable bonds is 1. The number of aromatic nitrogens is 2. The van der Waals surface area contributed by atoms with Gasteiger partial charge in [0.05, 0.1) is 22.0 Å². The topological polar surface area (TPSA) is 40.1 Å². The summed E-state index contributed by atoms with van der Waals surface area (Å²) in [6, 6.07) is 53.7. The van der Waals surface area contributed by atoms with Crippen LogP contribution in [-0.2, 0) is 5.41 Å². The second-order valence-electron chi connectivity index (χ2n) is 13.5. The molecule has 0 atom stereocenters. The molecule has 5 heteroatoms. The van der Waals surface area contributed by atoms with Crippen LogP contribution in [0.15, 0.2) is 161 Å². The van der Waals surface area contributed by atoms with E-state index in [9.17, 15) is 0 Å². The highest BCUT2D eigenvalue weighted by molar-refractivity contribution is 6.87. The van der Waals surface area contributed by atoms with E-state index in [2.05, 4.69) is 126 Å². The number of hydrogen-bond donors (Lipinski definition) is 0. The van der Waals surface area contributed by atoms with Crippen molar-refractivity contribution >= 4 is 50.6 Å². The van der Waals surface area contributed by atoms with Crippen molar-refractivity contribution in [3.8, 4) is 27.9 Å². The first-order chi connectivity index (χ1) is 24.2. The van der Waals surface area contributed by atoms with Crippen LogP contribution in [0, 0.1) is 0 Å². The molecule has 0 amide bonds. The van der Waals surface area contributed by atoms with Crippen molar-refractivity contribution in [3.05, 3.63) is 184 Å². The van der Waals surface area contributed by atoms with E-state index in [0.717, 1.165) is 55.1 Å². The summed E-state index contributed by atoms with van der Waals surface area (Å²) in [6.07, 6.45) is 0. The minimum absolute atomic E-state index is 0.0212. The Morgan fingerprint density at radius 2 is 1.22 bits per heavy atom. The molecule has 12 rings (SSSR count). The fourth-order valence-corrected chi connectivity index (χ4v) is 9.66. The molecule has 226 valence electrons. The van der Waals surface area contributed by atoms with Crippen molar-refractivity contribution in [2.45, 2.75) is 5.41 Å². The zero-order valence-corrected chi connectivity index (χ0v) is 26.2. The lowest BCUT2D eigenvalue weighted by Gasteiger charge is -2.41. The van der Waals surface area contributed by atoms with Gasteiger partial charge in [-0.3, -0.25) is 14.1 Å². The van der Waals surface area contributed by atoms with E-state index in [0.29, 0.717) is 0 Å². The molecular weight excluding hydrogens is 599 g/mol. The van der Waals surface area contributed by atoms with Gasteiger partial charge >= 0.3 is 6.85 Å². The maximum Gasteiger partial charge on any atom is 0.354 e. The number of fused-ring (bicyclic) bond motifs is 17. The van der Waals surface area contributed by atoms with Crippen LogP contribution in [0.4, 0.5) is 0 Å². The number of hydrogen-bond acceptors (Lipinski definition) is 2. The fraction of sp³-hybridized carbons (Fsp3) is 0.0227. The van der Waals surface area contributed by atoms with Crippen molar-refractivity contribution in [1.29, 1.82) is 0 Å². The monoisotopic (exact) mass is 624 g/mol. The molecule has 2 aromatic heterocycles. The van der Waals surface area contributed by atoms with Gasteiger partial charge in [0.1, 0.15) is 11.2 Å². The third-order valence-corrected chi connectivity index (χ3v) is 11.4. The highest BCUT2D eigenvalue weighted by atomic mass is 16.3. The maximum absolute atomic E-state index is 15.1. The van der Waals surface area contributed by atoms with Crippen LogP contribution in [0.3, 0.4) is 0 Å². The lowest BCUT2D eigenvalue weighted by Crippen LogP contribution is -2.59. The molecule has 0 fully saturated rings. The molecule has 49 heavy (non-hydrogen) atoms. The Balaban J connectivity index is 1.29. The van der Waals surface area contributed by atoms with Crippen molar-refractivity contribution in [2.24, 2.45) is 0 Å². The summed E-state index contributed by atoms with van der Waals surface area (Å²) in [5, 5.41) is 2.90. The molecule has 1 spiro atoms. The van der Waals surface area contributed by atoms with Gasteiger partial charge in [-0.05, 0) is 79.7 Å². The molecule has 0 saturated carbocycles. The van der Waals surface area contributed by atoms with Gasteiger partial charge in [0.25, 0.3) is 5.56 Å². The van der Waals surface area contributed by atoms with E-state index in [1.54, 1.807) is 0 Å². The molecule has 2 aliphatic heterocycles. The molecule has 0 unspecified atom stereocenters. The average molecular weight is 625 g/mol. The van der Waals surface area contributed by atoms with Crippen molar-refractivity contribution in [3.63, 3.8) is 0 Å². The standard InChI is InChI=1S/C44H25BN2O2/c48-43-41-27(26-12-2-1-3-13-26)17-10-21-37(41)46-38-22-11-20-34-42(38)45(47(43)46)36-24-31-30-16-6-9-23-39(30)49-40(31)25-35(36)44(34)32-18-7-4-14-28(32)29-15-5-8-19-33(29)44/h1-25H. The molecule has 3 aliphatic rings. The molecule has 9 aromatic rings.